The summed E-state index contributed by atoms with van der Waals surface area (Å²) < 4.78 is 17.4. The van der Waals surface area contributed by atoms with Crippen LogP contribution in [0.25, 0.3) is 0 Å². The Kier molecular flexibility index (Phi) is 4.90. The van der Waals surface area contributed by atoms with Crippen LogP contribution in [0.2, 0.25) is 0 Å². The molecule has 20 heavy (non-hydrogen) atoms. The number of ether oxygens (including phenoxy) is 1. The van der Waals surface area contributed by atoms with E-state index in [1.54, 1.807) is 12.1 Å². The molecule has 2 rings (SSSR count). The van der Waals surface area contributed by atoms with E-state index in [1.165, 1.54) is 12.1 Å². The van der Waals surface area contributed by atoms with Crippen molar-refractivity contribution in [2.24, 2.45) is 0 Å². The number of carboxylic acids is 1. The highest BCUT2D eigenvalue weighted by atomic mass is 32.2. The summed E-state index contributed by atoms with van der Waals surface area (Å²) in [6.45, 7) is 0.313. The van der Waals surface area contributed by atoms with Crippen LogP contribution < -0.4 is 4.74 Å². The summed E-state index contributed by atoms with van der Waals surface area (Å²) >= 11 is 0. The van der Waals surface area contributed by atoms with E-state index >= 15 is 0 Å². The van der Waals surface area contributed by atoms with Crippen LogP contribution in [0.5, 0.6) is 5.75 Å². The highest BCUT2D eigenvalue weighted by molar-refractivity contribution is 7.85. The molecule has 0 aliphatic rings. The van der Waals surface area contributed by atoms with Crippen molar-refractivity contribution in [1.82, 2.24) is 0 Å². The molecular weight excluding hydrogens is 276 g/mol. The van der Waals surface area contributed by atoms with Crippen molar-refractivity contribution in [3.63, 3.8) is 0 Å². The van der Waals surface area contributed by atoms with Crippen molar-refractivity contribution in [3.05, 3.63) is 60.2 Å². The number of hydrogen-bond donors (Lipinski definition) is 1. The minimum absolute atomic E-state index is 0.213. The van der Waals surface area contributed by atoms with Gasteiger partial charge in [-0.2, -0.15) is 0 Å². The third kappa shape index (κ3) is 3.93. The molecular formula is C15H14O4S. The third-order valence-corrected chi connectivity index (χ3v) is 3.98. The van der Waals surface area contributed by atoms with Crippen molar-refractivity contribution in [3.8, 4) is 5.75 Å². The second-order valence-corrected chi connectivity index (χ2v) is 5.61. The molecule has 104 valence electrons. The zero-order valence-electron chi connectivity index (χ0n) is 10.7. The third-order valence-electron chi connectivity index (χ3n) is 2.64. The minimum Gasteiger partial charge on any atom is -0.493 e. The van der Waals surface area contributed by atoms with Gasteiger partial charge in [-0.25, -0.2) is 4.79 Å². The zero-order chi connectivity index (χ0) is 14.4. The maximum absolute atomic E-state index is 11.9. The van der Waals surface area contributed by atoms with Gasteiger partial charge in [0.15, 0.2) is 0 Å². The van der Waals surface area contributed by atoms with E-state index in [1.807, 2.05) is 30.3 Å². The SMILES string of the molecule is O=C(O)c1ccc(OCCS(=O)c2ccccc2)cc1. The highest BCUT2D eigenvalue weighted by Crippen LogP contribution is 2.12. The van der Waals surface area contributed by atoms with Gasteiger partial charge in [0.05, 0.1) is 22.1 Å². The monoisotopic (exact) mass is 290 g/mol. The molecule has 0 spiro atoms. The number of benzene rings is 2. The summed E-state index contributed by atoms with van der Waals surface area (Å²) in [6.07, 6.45) is 0. The summed E-state index contributed by atoms with van der Waals surface area (Å²) in [5.74, 6) is -0.00757. The molecule has 1 N–H and O–H groups in total. The van der Waals surface area contributed by atoms with Crippen molar-refractivity contribution >= 4 is 16.8 Å². The molecule has 1 atom stereocenters. The Morgan fingerprint density at radius 1 is 1.05 bits per heavy atom. The van der Waals surface area contributed by atoms with Crippen LogP contribution in [-0.4, -0.2) is 27.6 Å². The molecule has 0 bridgehead atoms. The van der Waals surface area contributed by atoms with E-state index in [2.05, 4.69) is 0 Å². The van der Waals surface area contributed by atoms with Gasteiger partial charge in [-0.15, -0.1) is 0 Å². The molecule has 0 fully saturated rings. The van der Waals surface area contributed by atoms with Gasteiger partial charge in [0.1, 0.15) is 12.4 Å². The van der Waals surface area contributed by atoms with Gasteiger partial charge < -0.3 is 9.84 Å². The average molecular weight is 290 g/mol. The molecule has 0 saturated carbocycles. The van der Waals surface area contributed by atoms with Gasteiger partial charge in [0.25, 0.3) is 0 Å². The van der Waals surface area contributed by atoms with Crippen molar-refractivity contribution in [2.45, 2.75) is 4.90 Å². The van der Waals surface area contributed by atoms with Crippen LogP contribution in [0.15, 0.2) is 59.5 Å². The molecule has 0 saturated heterocycles. The van der Waals surface area contributed by atoms with Gasteiger partial charge in [0.2, 0.25) is 0 Å². The first-order valence-electron chi connectivity index (χ1n) is 6.06. The Labute approximate surface area is 119 Å². The Balaban J connectivity index is 1.84. The molecule has 5 heteroatoms. The summed E-state index contributed by atoms with van der Waals surface area (Å²) in [7, 11) is -1.09. The van der Waals surface area contributed by atoms with Crippen molar-refractivity contribution in [1.29, 1.82) is 0 Å². The second-order valence-electron chi connectivity index (χ2n) is 4.04. The standard InChI is InChI=1S/C15H14O4S/c16-15(17)12-6-8-13(9-7-12)19-10-11-20(18)14-4-2-1-3-5-14/h1-9H,10-11H2,(H,16,17). The van der Waals surface area contributed by atoms with Crippen LogP contribution in [0, 0.1) is 0 Å². The molecule has 0 aliphatic carbocycles. The lowest BCUT2D eigenvalue weighted by Gasteiger charge is -2.06. The van der Waals surface area contributed by atoms with Gasteiger partial charge in [0, 0.05) is 4.90 Å². The fraction of sp³-hybridized carbons (Fsp3) is 0.133. The lowest BCUT2D eigenvalue weighted by Crippen LogP contribution is -2.08. The van der Waals surface area contributed by atoms with Crippen LogP contribution in [0.1, 0.15) is 10.4 Å². The van der Waals surface area contributed by atoms with Crippen LogP contribution in [0.4, 0.5) is 0 Å². The average Bonchev–Trinajstić information content (AvgIpc) is 2.48. The molecule has 0 aliphatic heterocycles. The lowest BCUT2D eigenvalue weighted by atomic mass is 10.2. The molecule has 0 aromatic heterocycles. The Hall–Kier alpha value is -2.14. The largest absolute Gasteiger partial charge is 0.493 e. The first-order chi connectivity index (χ1) is 9.66. The summed E-state index contributed by atoms with van der Waals surface area (Å²) in [4.78, 5) is 11.5. The van der Waals surface area contributed by atoms with Gasteiger partial charge in [-0.3, -0.25) is 4.21 Å². The van der Waals surface area contributed by atoms with E-state index in [4.69, 9.17) is 9.84 Å². The quantitative estimate of drug-likeness (QED) is 0.888. The Morgan fingerprint density at radius 2 is 1.70 bits per heavy atom. The number of carbonyl (C=O) groups is 1. The molecule has 4 nitrogen and oxygen atoms in total. The van der Waals surface area contributed by atoms with E-state index in [0.717, 1.165) is 4.90 Å². The van der Waals surface area contributed by atoms with Crippen LogP contribution >= 0.6 is 0 Å². The lowest BCUT2D eigenvalue weighted by molar-refractivity contribution is 0.0697. The molecule has 2 aromatic rings. The maximum atomic E-state index is 11.9. The molecule has 0 heterocycles. The highest BCUT2D eigenvalue weighted by Gasteiger charge is 2.05. The number of aromatic carboxylic acids is 1. The minimum atomic E-state index is -1.09. The van der Waals surface area contributed by atoms with Gasteiger partial charge >= 0.3 is 5.97 Å². The van der Waals surface area contributed by atoms with Crippen LogP contribution in [0.3, 0.4) is 0 Å². The first kappa shape index (κ1) is 14.3. The number of carboxylic acid groups (broad SMARTS) is 1. The molecule has 0 radical (unpaired) electrons. The second kappa shape index (κ2) is 6.86. The Morgan fingerprint density at radius 3 is 2.30 bits per heavy atom. The van der Waals surface area contributed by atoms with E-state index in [-0.39, 0.29) is 5.56 Å². The van der Waals surface area contributed by atoms with Gasteiger partial charge in [-0.05, 0) is 36.4 Å². The molecule has 2 aromatic carbocycles. The van der Waals surface area contributed by atoms with E-state index < -0.39 is 16.8 Å². The summed E-state index contributed by atoms with van der Waals surface area (Å²) in [5.41, 5.74) is 0.213. The molecule has 1 unspecified atom stereocenters. The maximum Gasteiger partial charge on any atom is 0.335 e. The fourth-order valence-corrected chi connectivity index (χ4v) is 2.55. The number of hydrogen-bond acceptors (Lipinski definition) is 3. The van der Waals surface area contributed by atoms with Crippen molar-refractivity contribution in [2.75, 3.05) is 12.4 Å². The topological polar surface area (TPSA) is 63.6 Å². The summed E-state index contributed by atoms with van der Waals surface area (Å²) in [5, 5.41) is 8.77. The van der Waals surface area contributed by atoms with Gasteiger partial charge in [-0.1, -0.05) is 18.2 Å². The fourth-order valence-electron chi connectivity index (χ4n) is 1.62. The predicted octanol–water partition coefficient (Wildman–Crippen LogP) is 2.57. The normalized spacial score (nSPS) is 11.8. The number of rotatable bonds is 6. The van der Waals surface area contributed by atoms with E-state index in [0.29, 0.717) is 18.1 Å². The van der Waals surface area contributed by atoms with E-state index in [9.17, 15) is 9.00 Å². The first-order valence-corrected chi connectivity index (χ1v) is 7.38. The zero-order valence-corrected chi connectivity index (χ0v) is 11.5. The van der Waals surface area contributed by atoms with Crippen LogP contribution in [-0.2, 0) is 10.8 Å². The van der Waals surface area contributed by atoms with Crippen molar-refractivity contribution < 1.29 is 18.8 Å². The predicted molar refractivity (Wildman–Crippen MR) is 76.6 cm³/mol. The molecule has 0 amide bonds. The summed E-state index contributed by atoms with van der Waals surface area (Å²) in [6, 6.07) is 15.3. The smallest absolute Gasteiger partial charge is 0.335 e. The Bertz CT molecular complexity index is 593.